The number of hydrogen-bond acceptors (Lipinski definition) is 3. The molecular weight excluding hydrogens is 250 g/mol. The number of nitrogens with zero attached hydrogens (tertiary/aromatic N) is 1. The van der Waals surface area contributed by atoms with Gasteiger partial charge >= 0.3 is 0 Å². The summed E-state index contributed by atoms with van der Waals surface area (Å²) in [5, 5.41) is 10.3. The Hall–Kier alpha value is -1.87. The molecule has 0 spiro atoms. The standard InChI is InChI=1S/C17H19NO2/c1-18-13-8-9-14(18)17(16(20)11-13)15(19)10-7-12-5-3-2-4-6-12/h2-7,10,13-14,19H,8-9,11H2,1H3/b10-7+,17-15?/t13-,14+/m1/s1. The van der Waals surface area contributed by atoms with E-state index in [9.17, 15) is 9.90 Å². The van der Waals surface area contributed by atoms with E-state index in [0.29, 0.717) is 18.0 Å². The number of hydrogen-bond donors (Lipinski definition) is 1. The minimum absolute atomic E-state index is 0.0849. The van der Waals surface area contributed by atoms with Crippen molar-refractivity contribution in [2.24, 2.45) is 0 Å². The van der Waals surface area contributed by atoms with Gasteiger partial charge in [-0.05, 0) is 31.5 Å². The second-order valence-electron chi connectivity index (χ2n) is 5.58. The number of benzene rings is 1. The van der Waals surface area contributed by atoms with E-state index < -0.39 is 0 Å². The van der Waals surface area contributed by atoms with Gasteiger partial charge in [0.2, 0.25) is 0 Å². The van der Waals surface area contributed by atoms with Gasteiger partial charge in [-0.25, -0.2) is 0 Å². The molecule has 3 heteroatoms. The van der Waals surface area contributed by atoms with Crippen LogP contribution in [0.2, 0.25) is 0 Å². The second-order valence-corrected chi connectivity index (χ2v) is 5.58. The number of piperidine rings is 1. The number of aliphatic hydroxyl groups is 1. The van der Waals surface area contributed by atoms with Gasteiger partial charge in [-0.15, -0.1) is 0 Å². The van der Waals surface area contributed by atoms with Gasteiger partial charge in [0.15, 0.2) is 5.78 Å². The number of Topliss-reactive ketones (excluding diaryl/α,β-unsaturated/α-hetero) is 1. The summed E-state index contributed by atoms with van der Waals surface area (Å²) < 4.78 is 0. The highest BCUT2D eigenvalue weighted by molar-refractivity contribution is 5.99. The lowest BCUT2D eigenvalue weighted by Crippen LogP contribution is -2.42. The van der Waals surface area contributed by atoms with E-state index >= 15 is 0 Å². The molecule has 2 bridgehead atoms. The van der Waals surface area contributed by atoms with Gasteiger partial charge < -0.3 is 5.11 Å². The monoisotopic (exact) mass is 269 g/mol. The van der Waals surface area contributed by atoms with E-state index in [0.717, 1.165) is 18.4 Å². The third-order valence-electron chi connectivity index (χ3n) is 4.40. The van der Waals surface area contributed by atoms with Gasteiger partial charge in [0.25, 0.3) is 0 Å². The smallest absolute Gasteiger partial charge is 0.165 e. The summed E-state index contributed by atoms with van der Waals surface area (Å²) in [6.45, 7) is 0. The molecule has 20 heavy (non-hydrogen) atoms. The normalized spacial score (nSPS) is 29.1. The molecule has 2 aliphatic rings. The van der Waals surface area contributed by atoms with E-state index in [1.54, 1.807) is 6.08 Å². The zero-order chi connectivity index (χ0) is 14.1. The maximum absolute atomic E-state index is 12.2. The topological polar surface area (TPSA) is 40.5 Å². The highest BCUT2D eigenvalue weighted by Crippen LogP contribution is 2.36. The highest BCUT2D eigenvalue weighted by atomic mass is 16.3. The molecule has 1 N–H and O–H groups in total. The quantitative estimate of drug-likeness (QED) is 0.663. The van der Waals surface area contributed by atoms with Gasteiger partial charge in [-0.3, -0.25) is 9.69 Å². The third-order valence-corrected chi connectivity index (χ3v) is 4.40. The number of carbonyl (C=O) groups is 1. The van der Waals surface area contributed by atoms with Crippen molar-refractivity contribution >= 4 is 11.9 Å². The third kappa shape index (κ3) is 2.29. The molecule has 2 aliphatic heterocycles. The summed E-state index contributed by atoms with van der Waals surface area (Å²) in [6.07, 6.45) is 6.04. The molecule has 0 unspecified atom stereocenters. The molecule has 0 saturated carbocycles. The van der Waals surface area contributed by atoms with Gasteiger partial charge in [0.05, 0.1) is 5.57 Å². The van der Waals surface area contributed by atoms with Crippen LogP contribution >= 0.6 is 0 Å². The van der Waals surface area contributed by atoms with Gasteiger partial charge in [-0.1, -0.05) is 36.4 Å². The molecule has 2 fully saturated rings. The van der Waals surface area contributed by atoms with Crippen molar-refractivity contribution in [1.82, 2.24) is 4.90 Å². The van der Waals surface area contributed by atoms with Crippen molar-refractivity contribution < 1.29 is 9.90 Å². The summed E-state index contributed by atoms with van der Waals surface area (Å²) in [5.74, 6) is 0.224. The van der Waals surface area contributed by atoms with E-state index in [4.69, 9.17) is 0 Å². The minimum Gasteiger partial charge on any atom is -0.507 e. The summed E-state index contributed by atoms with van der Waals surface area (Å²) in [4.78, 5) is 14.4. The van der Waals surface area contributed by atoms with Crippen LogP contribution < -0.4 is 0 Å². The number of aliphatic hydroxyl groups excluding tert-OH is 1. The van der Waals surface area contributed by atoms with Crippen LogP contribution in [-0.2, 0) is 4.79 Å². The van der Waals surface area contributed by atoms with Crippen molar-refractivity contribution in [1.29, 1.82) is 0 Å². The van der Waals surface area contributed by atoms with Crippen LogP contribution in [0.1, 0.15) is 24.8 Å². The van der Waals surface area contributed by atoms with Crippen molar-refractivity contribution in [3.63, 3.8) is 0 Å². The Balaban J connectivity index is 1.88. The van der Waals surface area contributed by atoms with Crippen LogP contribution in [0.25, 0.3) is 6.08 Å². The SMILES string of the molecule is CN1[C@@H]2CC[C@H]1C(=C(O)/C=C/c1ccccc1)C(=O)C2. The van der Waals surface area contributed by atoms with Gasteiger partial charge in [0, 0.05) is 18.5 Å². The Labute approximate surface area is 119 Å². The fourth-order valence-corrected chi connectivity index (χ4v) is 3.26. The van der Waals surface area contributed by atoms with E-state index in [-0.39, 0.29) is 17.6 Å². The molecule has 0 amide bonds. The minimum atomic E-state index is 0.0849. The van der Waals surface area contributed by atoms with Crippen LogP contribution in [-0.4, -0.2) is 34.9 Å². The van der Waals surface area contributed by atoms with Crippen molar-refractivity contribution in [3.8, 4) is 0 Å². The van der Waals surface area contributed by atoms with E-state index in [1.807, 2.05) is 43.5 Å². The Bertz CT molecular complexity index is 574. The fraction of sp³-hybridized carbons (Fsp3) is 0.353. The molecule has 1 aromatic rings. The number of allylic oxidation sites excluding steroid dienone is 1. The molecular formula is C17H19NO2. The summed E-state index contributed by atoms with van der Waals surface area (Å²) >= 11 is 0. The molecule has 2 heterocycles. The molecule has 0 aliphatic carbocycles. The zero-order valence-corrected chi connectivity index (χ0v) is 11.6. The van der Waals surface area contributed by atoms with Crippen molar-refractivity contribution in [2.75, 3.05) is 7.05 Å². The largest absolute Gasteiger partial charge is 0.507 e. The lowest BCUT2D eigenvalue weighted by atomic mass is 9.94. The average Bonchev–Trinajstić information content (AvgIpc) is 2.71. The maximum Gasteiger partial charge on any atom is 0.165 e. The first-order valence-electron chi connectivity index (χ1n) is 7.08. The Morgan fingerprint density at radius 2 is 2.05 bits per heavy atom. The molecule has 3 rings (SSSR count). The predicted molar refractivity (Wildman–Crippen MR) is 79.3 cm³/mol. The second kappa shape index (κ2) is 5.25. The zero-order valence-electron chi connectivity index (χ0n) is 11.6. The number of ketones is 1. The van der Waals surface area contributed by atoms with Crippen LogP contribution in [0.3, 0.4) is 0 Å². The first-order chi connectivity index (χ1) is 9.66. The molecule has 0 radical (unpaired) electrons. The van der Waals surface area contributed by atoms with Gasteiger partial charge in [0.1, 0.15) is 5.76 Å². The molecule has 3 nitrogen and oxygen atoms in total. The molecule has 2 atom stereocenters. The number of carbonyl (C=O) groups excluding carboxylic acids is 1. The summed E-state index contributed by atoms with van der Waals surface area (Å²) in [7, 11) is 2.04. The summed E-state index contributed by atoms with van der Waals surface area (Å²) in [6, 6.07) is 10.2. The van der Waals surface area contributed by atoms with E-state index in [1.165, 1.54) is 0 Å². The van der Waals surface area contributed by atoms with Gasteiger partial charge in [-0.2, -0.15) is 0 Å². The molecule has 0 aromatic heterocycles. The van der Waals surface area contributed by atoms with Crippen LogP contribution in [0.15, 0.2) is 47.7 Å². The first kappa shape index (κ1) is 13.1. The van der Waals surface area contributed by atoms with Crippen LogP contribution in [0.4, 0.5) is 0 Å². The molecule has 1 aromatic carbocycles. The lowest BCUT2D eigenvalue weighted by molar-refractivity contribution is -0.118. The Morgan fingerprint density at radius 3 is 2.80 bits per heavy atom. The van der Waals surface area contributed by atoms with Crippen LogP contribution in [0.5, 0.6) is 0 Å². The maximum atomic E-state index is 12.2. The van der Waals surface area contributed by atoms with Crippen molar-refractivity contribution in [3.05, 3.63) is 53.3 Å². The first-order valence-corrected chi connectivity index (χ1v) is 7.08. The van der Waals surface area contributed by atoms with Crippen molar-refractivity contribution in [2.45, 2.75) is 31.3 Å². The summed E-state index contributed by atoms with van der Waals surface area (Å²) in [5.41, 5.74) is 1.61. The fourth-order valence-electron chi connectivity index (χ4n) is 3.26. The molecule has 2 saturated heterocycles. The number of rotatable bonds is 2. The van der Waals surface area contributed by atoms with E-state index in [2.05, 4.69) is 4.90 Å². The molecule has 104 valence electrons. The average molecular weight is 269 g/mol. The number of fused-ring (bicyclic) bond motifs is 2. The number of likely N-dealkylation sites (N-methyl/N-ethyl adjacent to an activating group) is 1. The Kier molecular flexibility index (Phi) is 3.45. The highest BCUT2D eigenvalue weighted by Gasteiger charge is 2.42. The Morgan fingerprint density at radius 1 is 1.30 bits per heavy atom. The van der Waals surface area contributed by atoms with Crippen LogP contribution in [0, 0.1) is 0 Å². The lowest BCUT2D eigenvalue weighted by Gasteiger charge is -2.32. The predicted octanol–water partition coefficient (Wildman–Crippen LogP) is 2.95.